The molecule has 110 valence electrons. The van der Waals surface area contributed by atoms with Gasteiger partial charge in [-0.2, -0.15) is 0 Å². The molecule has 0 aliphatic heterocycles. The molecule has 0 aromatic heterocycles. The summed E-state index contributed by atoms with van der Waals surface area (Å²) in [7, 11) is 0. The average molecular weight is 321 g/mol. The van der Waals surface area contributed by atoms with Crippen LogP contribution in [0.2, 0.25) is 10.0 Å². The smallest absolute Gasteiger partial charge is 0.290 e. The number of aliphatic hydroxyl groups is 1. The van der Waals surface area contributed by atoms with Crippen molar-refractivity contribution in [3.63, 3.8) is 0 Å². The number of hydrogen-bond donors (Lipinski definition) is 2. The molecule has 20 heavy (non-hydrogen) atoms. The van der Waals surface area contributed by atoms with E-state index in [1.165, 1.54) is 6.07 Å². The van der Waals surface area contributed by atoms with Gasteiger partial charge in [0.25, 0.3) is 11.6 Å². The Morgan fingerprint density at radius 3 is 2.55 bits per heavy atom. The van der Waals surface area contributed by atoms with Crippen molar-refractivity contribution in [3.05, 3.63) is 37.9 Å². The Labute approximate surface area is 125 Å². The average Bonchev–Trinajstić information content (AvgIpc) is 2.37. The minimum Gasteiger partial charge on any atom is -0.391 e. The van der Waals surface area contributed by atoms with E-state index in [1.54, 1.807) is 13.8 Å². The Bertz CT molecular complexity index is 534. The number of carbonyl (C=O) groups excluding carboxylic acids is 1. The minimum absolute atomic E-state index is 0.0153. The van der Waals surface area contributed by atoms with Crippen molar-refractivity contribution in [2.24, 2.45) is 5.92 Å². The lowest BCUT2D eigenvalue weighted by molar-refractivity contribution is -0.384. The van der Waals surface area contributed by atoms with E-state index in [0.29, 0.717) is 0 Å². The molecule has 0 fully saturated rings. The third kappa shape index (κ3) is 4.06. The second-order valence-corrected chi connectivity index (χ2v) is 5.35. The van der Waals surface area contributed by atoms with Crippen molar-refractivity contribution in [1.82, 2.24) is 5.32 Å². The molecule has 0 aliphatic rings. The second kappa shape index (κ2) is 6.88. The molecule has 0 bridgehead atoms. The molecule has 0 saturated carbocycles. The van der Waals surface area contributed by atoms with Gasteiger partial charge >= 0.3 is 0 Å². The van der Waals surface area contributed by atoms with Crippen LogP contribution in [0.4, 0.5) is 5.69 Å². The number of aliphatic hydroxyl groups excluding tert-OH is 1. The molecule has 8 heteroatoms. The molecule has 0 spiro atoms. The van der Waals surface area contributed by atoms with Crippen molar-refractivity contribution in [1.29, 1.82) is 0 Å². The van der Waals surface area contributed by atoms with Gasteiger partial charge in [0.05, 0.1) is 16.0 Å². The number of nitrogens with one attached hydrogen (secondary N) is 1. The van der Waals surface area contributed by atoms with Crippen LogP contribution >= 0.6 is 23.2 Å². The topological polar surface area (TPSA) is 92.5 Å². The molecular formula is C12H14Cl2N2O4. The summed E-state index contributed by atoms with van der Waals surface area (Å²) >= 11 is 11.4. The lowest BCUT2D eigenvalue weighted by Gasteiger charge is -2.15. The van der Waals surface area contributed by atoms with Crippen LogP contribution in [0.15, 0.2) is 12.1 Å². The SMILES string of the molecule is CC(C)C(O)CNC(=O)c1cc(Cl)c(Cl)c([N+](=O)[O-])c1. The first-order chi connectivity index (χ1) is 9.23. The molecule has 0 radical (unpaired) electrons. The summed E-state index contributed by atoms with van der Waals surface area (Å²) in [5, 5.41) is 22.6. The molecule has 2 N–H and O–H groups in total. The maximum atomic E-state index is 11.9. The van der Waals surface area contributed by atoms with Crippen molar-refractivity contribution in [2.75, 3.05) is 6.54 Å². The van der Waals surface area contributed by atoms with Gasteiger partial charge in [-0.1, -0.05) is 37.0 Å². The number of hydrogen-bond acceptors (Lipinski definition) is 4. The number of nitro groups is 1. The van der Waals surface area contributed by atoms with Gasteiger partial charge in [-0.3, -0.25) is 14.9 Å². The standard InChI is InChI=1S/C12H14Cl2N2O4/c1-6(2)10(17)5-15-12(18)7-3-8(13)11(14)9(4-7)16(19)20/h3-4,6,10,17H,5H2,1-2H3,(H,15,18). The molecule has 6 nitrogen and oxygen atoms in total. The molecular weight excluding hydrogens is 307 g/mol. The van der Waals surface area contributed by atoms with Gasteiger partial charge in [-0.05, 0) is 12.0 Å². The van der Waals surface area contributed by atoms with Gasteiger partial charge in [0, 0.05) is 18.2 Å². The first kappa shape index (κ1) is 16.7. The van der Waals surface area contributed by atoms with E-state index in [2.05, 4.69) is 5.32 Å². The van der Waals surface area contributed by atoms with Crippen LogP contribution in [0, 0.1) is 16.0 Å². The fourth-order valence-corrected chi connectivity index (χ4v) is 1.77. The summed E-state index contributed by atoms with van der Waals surface area (Å²) in [6, 6.07) is 2.29. The zero-order valence-corrected chi connectivity index (χ0v) is 12.4. The predicted molar refractivity (Wildman–Crippen MR) is 76.3 cm³/mol. The summed E-state index contributed by atoms with van der Waals surface area (Å²) < 4.78 is 0. The van der Waals surface area contributed by atoms with Gasteiger partial charge < -0.3 is 10.4 Å². The molecule has 1 rings (SSSR count). The molecule has 0 saturated heterocycles. The van der Waals surface area contributed by atoms with Crippen LogP contribution in [-0.4, -0.2) is 28.6 Å². The quantitative estimate of drug-likeness (QED) is 0.644. The van der Waals surface area contributed by atoms with E-state index < -0.39 is 22.6 Å². The van der Waals surface area contributed by atoms with Gasteiger partial charge in [0.15, 0.2) is 0 Å². The fraction of sp³-hybridized carbons (Fsp3) is 0.417. The van der Waals surface area contributed by atoms with Crippen LogP contribution < -0.4 is 5.32 Å². The lowest BCUT2D eigenvalue weighted by atomic mass is 10.1. The molecule has 1 aromatic carbocycles. The Morgan fingerprint density at radius 2 is 2.05 bits per heavy atom. The number of rotatable bonds is 5. The predicted octanol–water partition coefficient (Wildman–Crippen LogP) is 2.65. The van der Waals surface area contributed by atoms with Gasteiger partial charge in [-0.15, -0.1) is 0 Å². The van der Waals surface area contributed by atoms with Crippen molar-refractivity contribution < 1.29 is 14.8 Å². The van der Waals surface area contributed by atoms with E-state index in [0.717, 1.165) is 6.07 Å². The molecule has 1 aromatic rings. The second-order valence-electron chi connectivity index (χ2n) is 4.57. The van der Waals surface area contributed by atoms with Crippen LogP contribution in [0.1, 0.15) is 24.2 Å². The summed E-state index contributed by atoms with van der Waals surface area (Å²) in [4.78, 5) is 21.9. The van der Waals surface area contributed by atoms with Crippen molar-refractivity contribution in [2.45, 2.75) is 20.0 Å². The van der Waals surface area contributed by atoms with Gasteiger partial charge in [0.1, 0.15) is 5.02 Å². The summed E-state index contributed by atoms with van der Waals surface area (Å²) in [5.74, 6) is -0.579. The number of nitro benzene ring substituents is 1. The number of carbonyl (C=O) groups is 1. The summed E-state index contributed by atoms with van der Waals surface area (Å²) in [6.45, 7) is 3.66. The summed E-state index contributed by atoms with van der Waals surface area (Å²) in [5.41, 5.74) is -0.421. The highest BCUT2D eigenvalue weighted by atomic mass is 35.5. The molecule has 1 atom stereocenters. The first-order valence-electron chi connectivity index (χ1n) is 5.83. The van der Waals surface area contributed by atoms with Gasteiger partial charge in [0.2, 0.25) is 0 Å². The van der Waals surface area contributed by atoms with E-state index >= 15 is 0 Å². The minimum atomic E-state index is -0.714. The number of halogens is 2. The third-order valence-corrected chi connectivity index (χ3v) is 3.50. The monoisotopic (exact) mass is 320 g/mol. The first-order valence-corrected chi connectivity index (χ1v) is 6.59. The van der Waals surface area contributed by atoms with E-state index in [9.17, 15) is 20.0 Å². The Hall–Kier alpha value is -1.37. The van der Waals surface area contributed by atoms with E-state index in [1.807, 2.05) is 0 Å². The fourth-order valence-electron chi connectivity index (χ4n) is 1.37. The van der Waals surface area contributed by atoms with Crippen molar-refractivity contribution >= 4 is 34.8 Å². The zero-order chi connectivity index (χ0) is 15.4. The summed E-state index contributed by atoms with van der Waals surface area (Å²) in [6.07, 6.45) is -0.697. The van der Waals surface area contributed by atoms with E-state index in [-0.39, 0.29) is 28.1 Å². The third-order valence-electron chi connectivity index (χ3n) is 2.71. The molecule has 1 amide bonds. The number of benzene rings is 1. The van der Waals surface area contributed by atoms with Gasteiger partial charge in [-0.25, -0.2) is 0 Å². The van der Waals surface area contributed by atoms with E-state index in [4.69, 9.17) is 23.2 Å². The lowest BCUT2D eigenvalue weighted by Crippen LogP contribution is -2.34. The normalized spacial score (nSPS) is 12.3. The largest absolute Gasteiger partial charge is 0.391 e. The molecule has 1 unspecified atom stereocenters. The Morgan fingerprint density at radius 1 is 1.45 bits per heavy atom. The zero-order valence-electron chi connectivity index (χ0n) is 10.9. The highest BCUT2D eigenvalue weighted by molar-refractivity contribution is 6.43. The van der Waals surface area contributed by atoms with Crippen LogP contribution in [-0.2, 0) is 0 Å². The maximum Gasteiger partial charge on any atom is 0.290 e. The molecule has 0 aliphatic carbocycles. The number of nitrogens with zero attached hydrogens (tertiary/aromatic N) is 1. The Balaban J connectivity index is 2.91. The highest BCUT2D eigenvalue weighted by Gasteiger charge is 2.20. The van der Waals surface area contributed by atoms with Crippen molar-refractivity contribution in [3.8, 4) is 0 Å². The van der Waals surface area contributed by atoms with Crippen LogP contribution in [0.5, 0.6) is 0 Å². The Kier molecular flexibility index (Phi) is 5.74. The number of amides is 1. The van der Waals surface area contributed by atoms with Crippen LogP contribution in [0.3, 0.4) is 0 Å². The molecule has 0 heterocycles. The highest BCUT2D eigenvalue weighted by Crippen LogP contribution is 2.32. The maximum absolute atomic E-state index is 11.9. The van der Waals surface area contributed by atoms with Crippen LogP contribution in [0.25, 0.3) is 0 Å².